The number of aliphatic hydroxyl groups is 1. The van der Waals surface area contributed by atoms with Crippen LogP contribution < -0.4 is 0 Å². The van der Waals surface area contributed by atoms with Crippen molar-refractivity contribution >= 4 is 12.0 Å². The van der Waals surface area contributed by atoms with Gasteiger partial charge in [0.25, 0.3) is 0 Å². The molecule has 0 aromatic carbocycles. The first kappa shape index (κ1) is 24.9. The lowest BCUT2D eigenvalue weighted by Crippen LogP contribution is -2.61. The van der Waals surface area contributed by atoms with E-state index in [2.05, 4.69) is 19.9 Å². The van der Waals surface area contributed by atoms with Crippen LogP contribution in [0.4, 0.5) is 4.79 Å². The Labute approximate surface area is 210 Å². The number of amides is 2. The number of likely N-dealkylation sites (N-methyl/N-ethyl adjacent to an activating group) is 1. The van der Waals surface area contributed by atoms with E-state index in [-0.39, 0.29) is 35.0 Å². The number of aliphatic hydroxyl groups excluding tert-OH is 1. The van der Waals surface area contributed by atoms with Crippen molar-refractivity contribution < 1.29 is 19.4 Å². The molecule has 1 saturated heterocycles. The minimum Gasteiger partial charge on any atom is -0.444 e. The Morgan fingerprint density at radius 3 is 2.46 bits per heavy atom. The Kier molecular flexibility index (Phi) is 5.94. The van der Waals surface area contributed by atoms with Crippen molar-refractivity contribution in [1.82, 2.24) is 9.80 Å². The van der Waals surface area contributed by atoms with Gasteiger partial charge in [-0.2, -0.15) is 0 Å². The van der Waals surface area contributed by atoms with E-state index in [4.69, 9.17) is 4.74 Å². The van der Waals surface area contributed by atoms with E-state index in [1.54, 1.807) is 6.08 Å². The highest BCUT2D eigenvalue weighted by Gasteiger charge is 2.61. The van der Waals surface area contributed by atoms with Crippen LogP contribution >= 0.6 is 0 Å². The molecule has 6 nitrogen and oxygen atoms in total. The molecule has 4 fully saturated rings. The summed E-state index contributed by atoms with van der Waals surface area (Å²) in [5.41, 5.74) is 2.29. The van der Waals surface area contributed by atoms with Gasteiger partial charge in [-0.3, -0.25) is 4.79 Å². The van der Waals surface area contributed by atoms with Gasteiger partial charge in [-0.15, -0.1) is 0 Å². The quantitative estimate of drug-likeness (QED) is 0.495. The molecule has 0 aromatic rings. The van der Waals surface area contributed by atoms with E-state index < -0.39 is 5.60 Å². The number of fused-ring (bicyclic) bond motifs is 5. The summed E-state index contributed by atoms with van der Waals surface area (Å²) in [6.07, 6.45) is 10.5. The van der Waals surface area contributed by atoms with Crippen molar-refractivity contribution in [3.05, 3.63) is 23.3 Å². The average Bonchev–Trinajstić information content (AvgIpc) is 3.10. The zero-order chi connectivity index (χ0) is 25.3. The van der Waals surface area contributed by atoms with Gasteiger partial charge in [0.1, 0.15) is 5.60 Å². The van der Waals surface area contributed by atoms with Crippen LogP contribution in [0.15, 0.2) is 23.3 Å². The van der Waals surface area contributed by atoms with Crippen LogP contribution in [0.5, 0.6) is 0 Å². The number of piperidine rings is 1. The molecule has 5 rings (SSSR count). The third-order valence-electron chi connectivity index (χ3n) is 10.4. The maximum Gasteiger partial charge on any atom is 0.410 e. The fourth-order valence-corrected chi connectivity index (χ4v) is 8.57. The van der Waals surface area contributed by atoms with E-state index in [0.29, 0.717) is 30.8 Å². The van der Waals surface area contributed by atoms with Crippen molar-refractivity contribution in [3.8, 4) is 0 Å². The summed E-state index contributed by atoms with van der Waals surface area (Å²) in [5, 5.41) is 10.9. The van der Waals surface area contributed by atoms with Crippen LogP contribution in [-0.2, 0) is 9.53 Å². The lowest BCUT2D eigenvalue weighted by atomic mass is 9.47. The fraction of sp³-hybridized carbons (Fsp3) is 0.793. The van der Waals surface area contributed by atoms with Gasteiger partial charge in [0, 0.05) is 25.6 Å². The van der Waals surface area contributed by atoms with Crippen LogP contribution in [0.1, 0.15) is 79.6 Å². The highest BCUT2D eigenvalue weighted by Crippen LogP contribution is 2.65. The summed E-state index contributed by atoms with van der Waals surface area (Å²) in [4.78, 5) is 29.3. The van der Waals surface area contributed by atoms with Gasteiger partial charge in [0.05, 0.1) is 12.1 Å². The molecule has 7 atom stereocenters. The largest absolute Gasteiger partial charge is 0.444 e. The molecule has 2 amide bonds. The van der Waals surface area contributed by atoms with Crippen LogP contribution in [-0.4, -0.2) is 64.8 Å². The molecular weight excluding hydrogens is 440 g/mol. The van der Waals surface area contributed by atoms with Gasteiger partial charge < -0.3 is 19.6 Å². The number of carbonyl (C=O) groups is 2. The first-order chi connectivity index (χ1) is 16.3. The summed E-state index contributed by atoms with van der Waals surface area (Å²) in [6, 6.07) is 0.0833. The van der Waals surface area contributed by atoms with E-state index in [1.165, 1.54) is 11.1 Å². The zero-order valence-corrected chi connectivity index (χ0v) is 22.5. The number of likely N-dealkylation sites (tertiary alicyclic amines) is 1. The molecule has 3 saturated carbocycles. The molecule has 2 aliphatic heterocycles. The summed E-state index contributed by atoms with van der Waals surface area (Å²) in [7, 11) is 1.97. The molecule has 6 heteroatoms. The van der Waals surface area contributed by atoms with Gasteiger partial charge in [-0.1, -0.05) is 25.5 Å². The molecule has 1 N–H and O–H groups in total. The predicted molar refractivity (Wildman–Crippen MR) is 136 cm³/mol. The summed E-state index contributed by atoms with van der Waals surface area (Å²) in [5.74, 6) is 1.67. The minimum absolute atomic E-state index is 0.0142. The van der Waals surface area contributed by atoms with E-state index >= 15 is 0 Å². The highest BCUT2D eigenvalue weighted by molar-refractivity contribution is 5.89. The highest BCUT2D eigenvalue weighted by atomic mass is 16.6. The fourth-order valence-electron chi connectivity index (χ4n) is 8.57. The van der Waals surface area contributed by atoms with Crippen LogP contribution in [0.25, 0.3) is 0 Å². The average molecular weight is 485 g/mol. The lowest BCUT2D eigenvalue weighted by Gasteiger charge is -2.61. The normalized spacial score (nSPS) is 41.5. The Morgan fingerprint density at radius 2 is 1.80 bits per heavy atom. The lowest BCUT2D eigenvalue weighted by molar-refractivity contribution is -0.135. The van der Waals surface area contributed by atoms with Gasteiger partial charge >= 0.3 is 6.09 Å². The zero-order valence-electron chi connectivity index (χ0n) is 22.5. The van der Waals surface area contributed by atoms with Crippen molar-refractivity contribution in [2.24, 2.45) is 28.6 Å². The van der Waals surface area contributed by atoms with Crippen molar-refractivity contribution in [2.45, 2.75) is 97.3 Å². The van der Waals surface area contributed by atoms with Gasteiger partial charge in [-0.05, 0) is 101 Å². The number of nitrogens with zero attached hydrogens (tertiary/aromatic N) is 2. The predicted octanol–water partition coefficient (Wildman–Crippen LogP) is 4.92. The SMILES string of the molecule is CN1C(=O)C=C[C@@]2(C)C1C(=C1CCN(C(=O)OC(C)(C)C)CC1)C[C@@H]1[C@H]2CC[C@]2(C)C(O)CC[C@@H]12. The minimum atomic E-state index is -0.493. The second-order valence-corrected chi connectivity index (χ2v) is 13.4. The summed E-state index contributed by atoms with van der Waals surface area (Å²) in [6.45, 7) is 11.7. The van der Waals surface area contributed by atoms with Crippen LogP contribution in [0.3, 0.4) is 0 Å². The Balaban J connectivity index is 1.48. The standard InChI is InChI=1S/C29H44N2O4/c1-27(2,3)35-26(34)31-15-11-18(12-16-31)19-17-20-21-7-8-23(32)28(21,4)13-9-22(20)29(5)14-10-24(33)30(6)25(19)29/h10,14,20-23,25,32H,7-9,11-13,15-17H2,1-6H3/t20-,21-,22+,23?,25?,28-,29+/m0/s1. The van der Waals surface area contributed by atoms with E-state index in [9.17, 15) is 14.7 Å². The van der Waals surface area contributed by atoms with Gasteiger partial charge in [0.2, 0.25) is 5.91 Å². The summed E-state index contributed by atoms with van der Waals surface area (Å²) >= 11 is 0. The Morgan fingerprint density at radius 1 is 1.11 bits per heavy atom. The van der Waals surface area contributed by atoms with Crippen LogP contribution in [0.2, 0.25) is 0 Å². The maximum atomic E-state index is 12.8. The van der Waals surface area contributed by atoms with Gasteiger partial charge in [0.15, 0.2) is 0 Å². The van der Waals surface area contributed by atoms with Gasteiger partial charge in [-0.25, -0.2) is 4.79 Å². The third kappa shape index (κ3) is 3.95. The van der Waals surface area contributed by atoms with Crippen molar-refractivity contribution in [1.29, 1.82) is 0 Å². The summed E-state index contributed by atoms with van der Waals surface area (Å²) < 4.78 is 5.62. The maximum absolute atomic E-state index is 12.8. The van der Waals surface area contributed by atoms with Crippen molar-refractivity contribution in [2.75, 3.05) is 20.1 Å². The topological polar surface area (TPSA) is 70.1 Å². The number of hydrogen-bond donors (Lipinski definition) is 1. The molecule has 2 heterocycles. The van der Waals surface area contributed by atoms with E-state index in [0.717, 1.165) is 44.9 Å². The number of carbonyl (C=O) groups excluding carboxylic acids is 2. The Bertz CT molecular complexity index is 954. The second kappa shape index (κ2) is 8.36. The Hall–Kier alpha value is -1.82. The van der Waals surface area contributed by atoms with Crippen LogP contribution in [0, 0.1) is 28.6 Å². The third-order valence-corrected chi connectivity index (χ3v) is 10.4. The molecule has 5 aliphatic rings. The second-order valence-electron chi connectivity index (χ2n) is 13.4. The molecule has 0 aromatic heterocycles. The smallest absolute Gasteiger partial charge is 0.410 e. The first-order valence-electron chi connectivity index (χ1n) is 13.7. The molecule has 3 aliphatic carbocycles. The molecule has 0 spiro atoms. The molecule has 0 radical (unpaired) electrons. The molecule has 194 valence electrons. The monoisotopic (exact) mass is 484 g/mol. The molecule has 0 bridgehead atoms. The van der Waals surface area contributed by atoms with E-state index in [1.807, 2.05) is 37.6 Å². The molecule has 35 heavy (non-hydrogen) atoms. The number of rotatable bonds is 0. The van der Waals surface area contributed by atoms with Crippen molar-refractivity contribution in [3.63, 3.8) is 0 Å². The number of hydrogen-bond acceptors (Lipinski definition) is 4. The molecule has 2 unspecified atom stereocenters. The number of ether oxygens (including phenoxy) is 1. The molecular formula is C29H44N2O4. The first-order valence-corrected chi connectivity index (χ1v) is 13.7.